The third-order valence-corrected chi connectivity index (χ3v) is 3.86. The first kappa shape index (κ1) is 15.6. The number of hydrogen-bond donors (Lipinski definition) is 1. The lowest BCUT2D eigenvalue weighted by Crippen LogP contribution is -2.43. The maximum absolute atomic E-state index is 12.3. The van der Waals surface area contributed by atoms with Gasteiger partial charge in [-0.2, -0.15) is 13.2 Å². The number of alkyl halides is 3. The zero-order valence-corrected chi connectivity index (χ0v) is 12.9. The third-order valence-electron chi connectivity index (χ3n) is 3.40. The molecule has 0 aromatic heterocycles. The highest BCUT2D eigenvalue weighted by molar-refractivity contribution is 9.10. The number of nitrogens with zero attached hydrogens (tertiary/aromatic N) is 1. The fourth-order valence-electron chi connectivity index (χ4n) is 2.54. The van der Waals surface area contributed by atoms with Gasteiger partial charge in [0.1, 0.15) is 0 Å². The number of nitrogens with one attached hydrogen (secondary N) is 1. The number of benzene rings is 1. The van der Waals surface area contributed by atoms with Crippen LogP contribution in [0.3, 0.4) is 0 Å². The highest BCUT2D eigenvalue weighted by atomic mass is 79.9. The molecule has 6 heteroatoms. The molecule has 1 aliphatic rings. The predicted octanol–water partition coefficient (Wildman–Crippen LogP) is 4.20. The molecule has 1 N–H and O–H groups in total. The van der Waals surface area contributed by atoms with Crippen LogP contribution < -0.4 is 5.32 Å². The van der Waals surface area contributed by atoms with Gasteiger partial charge in [0.2, 0.25) is 0 Å². The number of piperidine rings is 1. The minimum Gasteiger partial charge on any atom is -0.382 e. The molecule has 1 aromatic carbocycles. The summed E-state index contributed by atoms with van der Waals surface area (Å²) in [6.45, 7) is 2.20. The zero-order chi connectivity index (χ0) is 14.8. The van der Waals surface area contributed by atoms with Gasteiger partial charge in [0.25, 0.3) is 0 Å². The molecule has 2 nitrogen and oxygen atoms in total. The summed E-state index contributed by atoms with van der Waals surface area (Å²) in [7, 11) is 0. The third kappa shape index (κ3) is 4.98. The van der Waals surface area contributed by atoms with E-state index in [2.05, 4.69) is 21.2 Å². The van der Waals surface area contributed by atoms with Crippen molar-refractivity contribution in [2.75, 3.05) is 25.0 Å². The van der Waals surface area contributed by atoms with Crippen molar-refractivity contribution in [2.24, 2.45) is 0 Å². The van der Waals surface area contributed by atoms with Crippen molar-refractivity contribution in [2.45, 2.75) is 32.0 Å². The Balaban J connectivity index is 1.85. The summed E-state index contributed by atoms with van der Waals surface area (Å²) in [5, 5.41) is 3.41. The van der Waals surface area contributed by atoms with Crippen LogP contribution >= 0.6 is 15.9 Å². The maximum Gasteiger partial charge on any atom is 0.401 e. The van der Waals surface area contributed by atoms with Gasteiger partial charge in [-0.25, -0.2) is 0 Å². The van der Waals surface area contributed by atoms with E-state index in [1.807, 2.05) is 25.1 Å². The van der Waals surface area contributed by atoms with Crippen molar-refractivity contribution in [3.8, 4) is 0 Å². The molecule has 20 heavy (non-hydrogen) atoms. The lowest BCUT2D eigenvalue weighted by atomic mass is 10.0. The number of aryl methyl sites for hydroxylation is 1. The van der Waals surface area contributed by atoms with Crippen molar-refractivity contribution in [3.63, 3.8) is 0 Å². The molecule has 0 radical (unpaired) electrons. The molecule has 1 saturated heterocycles. The second-order valence-electron chi connectivity index (χ2n) is 5.33. The fourth-order valence-corrected chi connectivity index (χ4v) is 3.15. The van der Waals surface area contributed by atoms with E-state index in [1.165, 1.54) is 4.90 Å². The second kappa shape index (κ2) is 6.35. The van der Waals surface area contributed by atoms with Crippen LogP contribution in [0.15, 0.2) is 22.7 Å². The first-order valence-electron chi connectivity index (χ1n) is 6.65. The number of rotatable bonds is 3. The van der Waals surface area contributed by atoms with E-state index in [4.69, 9.17) is 0 Å². The van der Waals surface area contributed by atoms with Gasteiger partial charge in [-0.3, -0.25) is 4.90 Å². The largest absolute Gasteiger partial charge is 0.401 e. The Morgan fingerprint density at radius 3 is 2.45 bits per heavy atom. The topological polar surface area (TPSA) is 15.3 Å². The van der Waals surface area contributed by atoms with Gasteiger partial charge < -0.3 is 5.32 Å². The van der Waals surface area contributed by atoms with Gasteiger partial charge in [-0.15, -0.1) is 0 Å². The van der Waals surface area contributed by atoms with E-state index in [9.17, 15) is 13.2 Å². The summed E-state index contributed by atoms with van der Waals surface area (Å²) in [5.74, 6) is 0. The van der Waals surface area contributed by atoms with Crippen molar-refractivity contribution in [3.05, 3.63) is 28.2 Å². The minimum atomic E-state index is -4.10. The van der Waals surface area contributed by atoms with Gasteiger partial charge in [-0.1, -0.05) is 15.9 Å². The van der Waals surface area contributed by atoms with Crippen LogP contribution in [-0.4, -0.2) is 36.8 Å². The molecule has 2 rings (SSSR count). The van der Waals surface area contributed by atoms with Crippen molar-refractivity contribution < 1.29 is 13.2 Å². The van der Waals surface area contributed by atoms with E-state index in [0.29, 0.717) is 13.1 Å². The summed E-state index contributed by atoms with van der Waals surface area (Å²) in [6.07, 6.45) is -2.62. The Labute approximate surface area is 125 Å². The summed E-state index contributed by atoms with van der Waals surface area (Å²) in [4.78, 5) is 1.48. The zero-order valence-electron chi connectivity index (χ0n) is 11.3. The van der Waals surface area contributed by atoms with Crippen molar-refractivity contribution in [1.29, 1.82) is 0 Å². The molecule has 0 aliphatic carbocycles. The average molecular weight is 351 g/mol. The molecule has 1 fully saturated rings. The van der Waals surface area contributed by atoms with Crippen LogP contribution in [-0.2, 0) is 0 Å². The Bertz CT molecular complexity index is 434. The Hall–Kier alpha value is -0.750. The molecule has 1 heterocycles. The monoisotopic (exact) mass is 350 g/mol. The van der Waals surface area contributed by atoms with E-state index < -0.39 is 12.7 Å². The molecule has 0 amide bonds. The van der Waals surface area contributed by atoms with E-state index >= 15 is 0 Å². The predicted molar refractivity (Wildman–Crippen MR) is 78.0 cm³/mol. The quantitative estimate of drug-likeness (QED) is 0.878. The van der Waals surface area contributed by atoms with E-state index in [-0.39, 0.29) is 6.04 Å². The number of likely N-dealkylation sites (tertiary alicyclic amines) is 1. The SMILES string of the molecule is Cc1cc(Br)cc(NC2CCN(CC(F)(F)F)CC2)c1. The molecule has 1 aromatic rings. The molecule has 0 saturated carbocycles. The second-order valence-corrected chi connectivity index (χ2v) is 6.24. The van der Waals surface area contributed by atoms with Gasteiger partial charge >= 0.3 is 6.18 Å². The van der Waals surface area contributed by atoms with Crippen molar-refractivity contribution in [1.82, 2.24) is 4.90 Å². The molecule has 0 atom stereocenters. The summed E-state index contributed by atoms with van der Waals surface area (Å²) >= 11 is 3.45. The molecule has 1 aliphatic heterocycles. The lowest BCUT2D eigenvalue weighted by Gasteiger charge is -2.33. The summed E-state index contributed by atoms with van der Waals surface area (Å²) in [5.41, 5.74) is 2.17. The van der Waals surface area contributed by atoms with Crippen LogP contribution in [0.2, 0.25) is 0 Å². The van der Waals surface area contributed by atoms with Crippen LogP contribution in [0, 0.1) is 6.92 Å². The highest BCUT2D eigenvalue weighted by Gasteiger charge is 2.32. The molecular weight excluding hydrogens is 333 g/mol. The molecule has 0 unspecified atom stereocenters. The van der Waals surface area contributed by atoms with Crippen molar-refractivity contribution >= 4 is 21.6 Å². The Morgan fingerprint density at radius 2 is 1.90 bits per heavy atom. The Morgan fingerprint density at radius 1 is 1.25 bits per heavy atom. The van der Waals surface area contributed by atoms with Gasteiger partial charge in [0.05, 0.1) is 6.54 Å². The maximum atomic E-state index is 12.3. The average Bonchev–Trinajstić information content (AvgIpc) is 2.28. The minimum absolute atomic E-state index is 0.244. The number of hydrogen-bond acceptors (Lipinski definition) is 2. The smallest absolute Gasteiger partial charge is 0.382 e. The molecule has 112 valence electrons. The lowest BCUT2D eigenvalue weighted by molar-refractivity contribution is -0.147. The standard InChI is InChI=1S/C14H18BrF3N2/c1-10-6-11(15)8-13(7-10)19-12-2-4-20(5-3-12)9-14(16,17)18/h6-8,12,19H,2-5,9H2,1H3. The normalized spacial score (nSPS) is 18.2. The first-order valence-corrected chi connectivity index (χ1v) is 7.44. The highest BCUT2D eigenvalue weighted by Crippen LogP contribution is 2.24. The molecular formula is C14H18BrF3N2. The summed E-state index contributed by atoms with van der Waals surface area (Å²) < 4.78 is 37.9. The molecule has 0 spiro atoms. The van der Waals surface area contributed by atoms with Gasteiger partial charge in [0, 0.05) is 29.3 Å². The number of anilines is 1. The number of halogens is 4. The fraction of sp³-hybridized carbons (Fsp3) is 0.571. The van der Waals surface area contributed by atoms with Crippen LogP contribution in [0.5, 0.6) is 0 Å². The molecule has 0 bridgehead atoms. The van der Waals surface area contributed by atoms with E-state index in [0.717, 1.165) is 28.6 Å². The van der Waals surface area contributed by atoms with Gasteiger partial charge in [0.15, 0.2) is 0 Å². The van der Waals surface area contributed by atoms with E-state index in [1.54, 1.807) is 0 Å². The van der Waals surface area contributed by atoms with Gasteiger partial charge in [-0.05, 0) is 43.5 Å². The van der Waals surface area contributed by atoms with Crippen LogP contribution in [0.25, 0.3) is 0 Å². The Kier molecular flexibility index (Phi) is 4.96. The van der Waals surface area contributed by atoms with Crippen LogP contribution in [0.1, 0.15) is 18.4 Å². The summed E-state index contributed by atoms with van der Waals surface area (Å²) in [6, 6.07) is 6.31. The van der Waals surface area contributed by atoms with Crippen LogP contribution in [0.4, 0.5) is 18.9 Å². The first-order chi connectivity index (χ1) is 9.32.